The molecule has 1 aromatic heterocycles. The second kappa shape index (κ2) is 4.82. The van der Waals surface area contributed by atoms with Crippen molar-refractivity contribution in [2.45, 2.75) is 44.4 Å². The van der Waals surface area contributed by atoms with Crippen LogP contribution < -0.4 is 0 Å². The Morgan fingerprint density at radius 1 is 1.22 bits per heavy atom. The molecule has 0 saturated carbocycles. The van der Waals surface area contributed by atoms with Gasteiger partial charge in [0.1, 0.15) is 6.23 Å². The lowest BCUT2D eigenvalue weighted by Crippen LogP contribution is -2.53. The zero-order chi connectivity index (χ0) is 15.6. The van der Waals surface area contributed by atoms with E-state index >= 15 is 0 Å². The van der Waals surface area contributed by atoms with Crippen molar-refractivity contribution in [3.05, 3.63) is 35.5 Å². The molecule has 0 bridgehead atoms. The second-order valence-corrected chi connectivity index (χ2v) is 7.56. The van der Waals surface area contributed by atoms with Crippen molar-refractivity contribution in [3.8, 4) is 0 Å². The molecule has 4 heteroatoms. The third kappa shape index (κ3) is 1.72. The van der Waals surface area contributed by atoms with Gasteiger partial charge in [-0.2, -0.15) is 0 Å². The quantitative estimate of drug-likeness (QED) is 0.896. The number of fused-ring (bicyclic) bond motifs is 3. The smallest absolute Gasteiger partial charge is 0.131 e. The summed E-state index contributed by atoms with van der Waals surface area (Å²) in [4.78, 5) is 2.61. The van der Waals surface area contributed by atoms with Crippen molar-refractivity contribution >= 4 is 10.9 Å². The average Bonchev–Trinajstić information content (AvgIpc) is 2.90. The molecule has 0 aliphatic carbocycles. The molecular weight excluding hydrogens is 288 g/mol. The van der Waals surface area contributed by atoms with Gasteiger partial charge in [0, 0.05) is 30.7 Å². The van der Waals surface area contributed by atoms with Gasteiger partial charge >= 0.3 is 0 Å². The van der Waals surface area contributed by atoms with Gasteiger partial charge in [-0.1, -0.05) is 18.2 Å². The van der Waals surface area contributed by atoms with Crippen LogP contribution in [0, 0.1) is 5.41 Å². The van der Waals surface area contributed by atoms with Gasteiger partial charge in [-0.05, 0) is 49.3 Å². The summed E-state index contributed by atoms with van der Waals surface area (Å²) < 4.78 is 2.20. The van der Waals surface area contributed by atoms with Crippen LogP contribution in [0.25, 0.3) is 10.9 Å². The van der Waals surface area contributed by atoms with Gasteiger partial charge in [0.15, 0.2) is 0 Å². The minimum atomic E-state index is -0.468. The standard InChI is InChI=1S/C19H24N2O2/c22-11-8-19-7-3-9-20-10-6-14-13-4-1-2-5-15(13)21(16(23)12-19)17(14)18(19)20/h1-2,4-5,16,18,22-23H,3,6-12H2/t16-,18+,19+/m1/s1. The molecule has 2 aromatic rings. The maximum Gasteiger partial charge on any atom is 0.131 e. The Balaban J connectivity index is 1.81. The second-order valence-electron chi connectivity index (χ2n) is 7.56. The van der Waals surface area contributed by atoms with Crippen molar-refractivity contribution in [1.29, 1.82) is 0 Å². The number of hydrogen-bond donors (Lipinski definition) is 2. The number of nitrogens with zero attached hydrogens (tertiary/aromatic N) is 2. The predicted molar refractivity (Wildman–Crippen MR) is 89.2 cm³/mol. The summed E-state index contributed by atoms with van der Waals surface area (Å²) in [6.45, 7) is 2.47. The number of benzene rings is 1. The van der Waals surface area contributed by atoms with E-state index in [1.807, 2.05) is 0 Å². The third-order valence-electron chi connectivity index (χ3n) is 6.53. The van der Waals surface area contributed by atoms with Gasteiger partial charge in [0.05, 0.1) is 11.6 Å². The Labute approximate surface area is 136 Å². The summed E-state index contributed by atoms with van der Waals surface area (Å²) >= 11 is 0. The summed E-state index contributed by atoms with van der Waals surface area (Å²) in [5, 5.41) is 22.0. The molecule has 0 amide bonds. The number of hydrogen-bond acceptors (Lipinski definition) is 3. The van der Waals surface area contributed by atoms with E-state index in [1.165, 1.54) is 28.6 Å². The van der Waals surface area contributed by atoms with Crippen LogP contribution in [0.5, 0.6) is 0 Å². The maximum atomic E-state index is 11.0. The fourth-order valence-corrected chi connectivity index (χ4v) is 5.73. The zero-order valence-corrected chi connectivity index (χ0v) is 13.4. The molecular formula is C19H24N2O2. The molecule has 4 heterocycles. The summed E-state index contributed by atoms with van der Waals surface area (Å²) in [5.74, 6) is 0. The molecule has 2 N–H and O–H groups in total. The molecule has 1 aromatic carbocycles. The van der Waals surface area contributed by atoms with E-state index in [2.05, 4.69) is 33.7 Å². The summed E-state index contributed by atoms with van der Waals surface area (Å²) in [7, 11) is 0. The van der Waals surface area contributed by atoms with E-state index in [-0.39, 0.29) is 12.0 Å². The highest BCUT2D eigenvalue weighted by Crippen LogP contribution is 2.59. The minimum absolute atomic E-state index is 0.0337. The van der Waals surface area contributed by atoms with Crippen molar-refractivity contribution in [1.82, 2.24) is 9.47 Å². The Hall–Kier alpha value is -1.36. The molecule has 23 heavy (non-hydrogen) atoms. The van der Waals surface area contributed by atoms with Crippen LogP contribution in [-0.4, -0.2) is 39.4 Å². The van der Waals surface area contributed by atoms with Crippen molar-refractivity contribution < 1.29 is 10.2 Å². The highest BCUT2D eigenvalue weighted by Gasteiger charge is 2.53. The van der Waals surface area contributed by atoms with Crippen LogP contribution >= 0.6 is 0 Å². The molecule has 3 aliphatic heterocycles. The number of rotatable bonds is 2. The Kier molecular flexibility index (Phi) is 2.94. The fraction of sp³-hybridized carbons (Fsp3) is 0.579. The van der Waals surface area contributed by atoms with Gasteiger partial charge < -0.3 is 14.8 Å². The number of para-hydroxylation sites is 1. The first-order chi connectivity index (χ1) is 11.2. The van der Waals surface area contributed by atoms with E-state index in [9.17, 15) is 10.2 Å². The zero-order valence-electron chi connectivity index (χ0n) is 13.4. The molecule has 4 nitrogen and oxygen atoms in total. The summed E-state index contributed by atoms with van der Waals surface area (Å²) in [6.07, 6.45) is 4.46. The van der Waals surface area contributed by atoms with Crippen LogP contribution in [0.1, 0.15) is 49.2 Å². The first-order valence-electron chi connectivity index (χ1n) is 8.90. The normalized spacial score (nSPS) is 33.0. The number of aliphatic hydroxyl groups is 2. The maximum absolute atomic E-state index is 11.0. The third-order valence-corrected chi connectivity index (χ3v) is 6.53. The Bertz CT molecular complexity index is 764. The van der Waals surface area contributed by atoms with Gasteiger partial charge in [-0.15, -0.1) is 0 Å². The molecule has 0 unspecified atom stereocenters. The van der Waals surface area contributed by atoms with Gasteiger partial charge in [0.2, 0.25) is 0 Å². The molecule has 0 radical (unpaired) electrons. The lowest BCUT2D eigenvalue weighted by Gasteiger charge is -2.56. The Morgan fingerprint density at radius 2 is 2.09 bits per heavy atom. The van der Waals surface area contributed by atoms with E-state index < -0.39 is 6.23 Å². The first-order valence-corrected chi connectivity index (χ1v) is 8.90. The van der Waals surface area contributed by atoms with E-state index in [4.69, 9.17) is 0 Å². The molecule has 3 aliphatic rings. The first kappa shape index (κ1) is 14.0. The fourth-order valence-electron chi connectivity index (χ4n) is 5.73. The molecule has 122 valence electrons. The van der Waals surface area contributed by atoms with Crippen LogP contribution in [0.4, 0.5) is 0 Å². The van der Waals surface area contributed by atoms with Gasteiger partial charge in [0.25, 0.3) is 0 Å². The van der Waals surface area contributed by atoms with E-state index in [0.29, 0.717) is 6.04 Å². The van der Waals surface area contributed by atoms with Gasteiger partial charge in [-0.3, -0.25) is 4.90 Å². The van der Waals surface area contributed by atoms with Crippen molar-refractivity contribution in [2.75, 3.05) is 19.7 Å². The molecule has 5 rings (SSSR count). The predicted octanol–water partition coefficient (Wildman–Crippen LogP) is 2.60. The summed E-state index contributed by atoms with van der Waals surface area (Å²) in [5.41, 5.74) is 3.98. The molecule has 0 spiro atoms. The topological polar surface area (TPSA) is 48.6 Å². The Morgan fingerprint density at radius 3 is 2.96 bits per heavy atom. The van der Waals surface area contributed by atoms with E-state index in [1.54, 1.807) is 0 Å². The minimum Gasteiger partial charge on any atom is -0.396 e. The van der Waals surface area contributed by atoms with Crippen molar-refractivity contribution in [3.63, 3.8) is 0 Å². The highest BCUT2D eigenvalue weighted by atomic mass is 16.3. The van der Waals surface area contributed by atoms with Crippen LogP contribution in [-0.2, 0) is 6.42 Å². The highest BCUT2D eigenvalue weighted by molar-refractivity contribution is 5.86. The van der Waals surface area contributed by atoms with Gasteiger partial charge in [-0.25, -0.2) is 0 Å². The number of aromatic nitrogens is 1. The van der Waals surface area contributed by atoms with Crippen LogP contribution in [0.3, 0.4) is 0 Å². The largest absolute Gasteiger partial charge is 0.396 e. The average molecular weight is 312 g/mol. The molecule has 1 saturated heterocycles. The SMILES string of the molecule is OCC[C@@]12CCCN3CCc4c(n(c5ccccc45)[C@H](O)C1)[C@H]32. The molecule has 1 fully saturated rings. The van der Waals surface area contributed by atoms with Crippen molar-refractivity contribution in [2.24, 2.45) is 5.41 Å². The molecule has 3 atom stereocenters. The van der Waals surface area contributed by atoms with E-state index in [0.717, 1.165) is 38.8 Å². The number of aliphatic hydroxyl groups excluding tert-OH is 2. The van der Waals surface area contributed by atoms with Crippen LogP contribution in [0.15, 0.2) is 24.3 Å². The lowest BCUT2D eigenvalue weighted by atomic mass is 9.64. The lowest BCUT2D eigenvalue weighted by molar-refractivity contribution is -0.0866. The number of piperidine rings is 1. The monoisotopic (exact) mass is 312 g/mol. The summed E-state index contributed by atoms with van der Waals surface area (Å²) in [6, 6.07) is 8.88. The van der Waals surface area contributed by atoms with Crippen LogP contribution in [0.2, 0.25) is 0 Å².